The first-order valence-electron chi connectivity index (χ1n) is 6.94. The molecule has 0 aliphatic heterocycles. The largest absolute Gasteiger partial charge is 0.394 e. The molecule has 0 spiro atoms. The van der Waals surface area contributed by atoms with E-state index >= 15 is 0 Å². The van der Waals surface area contributed by atoms with E-state index in [1.54, 1.807) is 0 Å². The van der Waals surface area contributed by atoms with Crippen molar-refractivity contribution in [2.75, 3.05) is 13.2 Å². The van der Waals surface area contributed by atoms with Crippen molar-refractivity contribution >= 4 is 5.91 Å². The molecule has 0 saturated carbocycles. The predicted octanol–water partition coefficient (Wildman–Crippen LogP) is -0.462. The molecule has 114 valence electrons. The maximum Gasteiger partial charge on any atom is 0.220 e. The highest BCUT2D eigenvalue weighted by molar-refractivity contribution is 5.75. The minimum absolute atomic E-state index is 0.133. The number of rotatable bonds is 11. The summed E-state index contributed by atoms with van der Waals surface area (Å²) < 4.78 is 0. The Kier molecular flexibility index (Phi) is 10.8. The molecule has 0 heterocycles. The third kappa shape index (κ3) is 8.93. The van der Waals surface area contributed by atoms with E-state index < -0.39 is 24.9 Å². The highest BCUT2D eigenvalue weighted by atomic mass is 16.4. The molecule has 0 saturated heterocycles. The summed E-state index contributed by atoms with van der Waals surface area (Å²) in [7, 11) is 0. The van der Waals surface area contributed by atoms with Crippen molar-refractivity contribution < 1.29 is 25.2 Å². The molecule has 0 unspecified atom stereocenters. The Labute approximate surface area is 114 Å². The molecule has 6 nitrogen and oxygen atoms in total. The topological polar surface area (TPSA) is 110 Å². The Morgan fingerprint density at radius 3 is 2.26 bits per heavy atom. The van der Waals surface area contributed by atoms with Crippen LogP contribution in [0.2, 0.25) is 0 Å². The van der Waals surface area contributed by atoms with Crippen LogP contribution in [-0.2, 0) is 4.79 Å². The van der Waals surface area contributed by atoms with Gasteiger partial charge in [-0.3, -0.25) is 4.79 Å². The van der Waals surface area contributed by atoms with Crippen molar-refractivity contribution in [3.8, 4) is 0 Å². The fraction of sp³-hybridized carbons (Fsp3) is 0.923. The molecule has 0 aliphatic rings. The third-order valence-electron chi connectivity index (χ3n) is 2.99. The van der Waals surface area contributed by atoms with Gasteiger partial charge in [0.05, 0.1) is 12.7 Å². The number of carbonyl (C=O) groups is 1. The lowest BCUT2D eigenvalue weighted by Gasteiger charge is -2.21. The van der Waals surface area contributed by atoms with Crippen LogP contribution in [0, 0.1) is 0 Å². The fourth-order valence-electron chi connectivity index (χ4n) is 1.68. The summed E-state index contributed by atoms with van der Waals surface area (Å²) in [6.45, 7) is 1.36. The minimum Gasteiger partial charge on any atom is -0.394 e. The molecule has 3 atom stereocenters. The predicted molar refractivity (Wildman–Crippen MR) is 71.5 cm³/mol. The summed E-state index contributed by atoms with van der Waals surface area (Å²) in [6, 6.07) is 0. The van der Waals surface area contributed by atoms with Crippen LogP contribution in [0.3, 0.4) is 0 Å². The SMILES string of the molecule is CCCCCCCC(=O)NC[C@H](O)[C@@H](O)[C@H](O)CO. The van der Waals surface area contributed by atoms with Crippen molar-refractivity contribution in [1.82, 2.24) is 5.32 Å². The first-order valence-corrected chi connectivity index (χ1v) is 6.94. The number of nitrogens with one attached hydrogen (secondary N) is 1. The number of aliphatic hydroxyl groups excluding tert-OH is 4. The van der Waals surface area contributed by atoms with Crippen molar-refractivity contribution in [3.63, 3.8) is 0 Å². The highest BCUT2D eigenvalue weighted by Crippen LogP contribution is 2.05. The zero-order valence-corrected chi connectivity index (χ0v) is 11.6. The number of hydrogen-bond acceptors (Lipinski definition) is 5. The lowest BCUT2D eigenvalue weighted by molar-refractivity contribution is -0.123. The van der Waals surface area contributed by atoms with Crippen molar-refractivity contribution in [3.05, 3.63) is 0 Å². The second kappa shape index (κ2) is 11.2. The van der Waals surface area contributed by atoms with Crippen molar-refractivity contribution in [2.24, 2.45) is 0 Å². The number of unbranched alkanes of at least 4 members (excludes halogenated alkanes) is 4. The van der Waals surface area contributed by atoms with E-state index in [0.717, 1.165) is 25.7 Å². The van der Waals surface area contributed by atoms with Gasteiger partial charge in [-0.2, -0.15) is 0 Å². The number of aliphatic hydroxyl groups is 4. The van der Waals surface area contributed by atoms with Gasteiger partial charge in [-0.05, 0) is 6.42 Å². The van der Waals surface area contributed by atoms with E-state index in [0.29, 0.717) is 6.42 Å². The first kappa shape index (κ1) is 18.3. The molecule has 19 heavy (non-hydrogen) atoms. The fourth-order valence-corrected chi connectivity index (χ4v) is 1.68. The molecule has 6 heteroatoms. The summed E-state index contributed by atoms with van der Waals surface area (Å²) >= 11 is 0. The van der Waals surface area contributed by atoms with Crippen LogP contribution in [0.4, 0.5) is 0 Å². The first-order chi connectivity index (χ1) is 9.02. The molecule has 0 rings (SSSR count). The van der Waals surface area contributed by atoms with Crippen molar-refractivity contribution in [1.29, 1.82) is 0 Å². The van der Waals surface area contributed by atoms with E-state index in [1.165, 1.54) is 6.42 Å². The van der Waals surface area contributed by atoms with E-state index in [1.807, 2.05) is 0 Å². The van der Waals surface area contributed by atoms with Crippen molar-refractivity contribution in [2.45, 2.75) is 63.8 Å². The lowest BCUT2D eigenvalue weighted by atomic mass is 10.1. The maximum atomic E-state index is 11.4. The van der Waals surface area contributed by atoms with Crippen LogP contribution < -0.4 is 5.32 Å². The van der Waals surface area contributed by atoms with Gasteiger partial charge in [0, 0.05) is 13.0 Å². The average molecular weight is 277 g/mol. The van der Waals surface area contributed by atoms with Gasteiger partial charge in [0.1, 0.15) is 12.2 Å². The summed E-state index contributed by atoms with van der Waals surface area (Å²) in [5.41, 5.74) is 0. The Morgan fingerprint density at radius 2 is 1.68 bits per heavy atom. The van der Waals surface area contributed by atoms with Crippen LogP contribution >= 0.6 is 0 Å². The zero-order valence-electron chi connectivity index (χ0n) is 11.6. The molecular formula is C13H27NO5. The molecule has 0 bridgehead atoms. The Balaban J connectivity index is 3.66. The number of carbonyl (C=O) groups excluding carboxylic acids is 1. The Bertz CT molecular complexity index is 237. The van der Waals surface area contributed by atoms with Gasteiger partial charge in [-0.1, -0.05) is 32.6 Å². The standard InChI is InChI=1S/C13H27NO5/c1-2-3-4-5-6-7-12(18)14-8-10(16)13(19)11(17)9-15/h10-11,13,15-17,19H,2-9H2,1H3,(H,14,18)/t10-,11+,13+/m0/s1. The monoisotopic (exact) mass is 277 g/mol. The quantitative estimate of drug-likeness (QED) is 0.328. The molecule has 0 radical (unpaired) electrons. The van der Waals surface area contributed by atoms with E-state index in [2.05, 4.69) is 12.2 Å². The lowest BCUT2D eigenvalue weighted by Crippen LogP contribution is -2.45. The van der Waals surface area contributed by atoms with Crippen LogP contribution in [0.25, 0.3) is 0 Å². The van der Waals surface area contributed by atoms with Crippen LogP contribution in [-0.4, -0.2) is 57.8 Å². The van der Waals surface area contributed by atoms with Crippen LogP contribution in [0.5, 0.6) is 0 Å². The van der Waals surface area contributed by atoms with Gasteiger partial charge >= 0.3 is 0 Å². The zero-order chi connectivity index (χ0) is 14.7. The summed E-state index contributed by atoms with van der Waals surface area (Å²) in [4.78, 5) is 11.4. The van der Waals surface area contributed by atoms with E-state index in [4.69, 9.17) is 10.2 Å². The van der Waals surface area contributed by atoms with Gasteiger partial charge in [0.2, 0.25) is 5.91 Å². The van der Waals surface area contributed by atoms with Gasteiger partial charge in [-0.15, -0.1) is 0 Å². The minimum atomic E-state index is -1.46. The van der Waals surface area contributed by atoms with Gasteiger partial charge in [0.15, 0.2) is 0 Å². The Morgan fingerprint density at radius 1 is 1.05 bits per heavy atom. The summed E-state index contributed by atoms with van der Waals surface area (Å²) in [5, 5.41) is 39.0. The molecule has 0 aromatic heterocycles. The normalized spacial score (nSPS) is 15.8. The molecule has 0 aliphatic carbocycles. The average Bonchev–Trinajstić information content (AvgIpc) is 2.42. The van der Waals surface area contributed by atoms with Gasteiger partial charge in [-0.25, -0.2) is 0 Å². The smallest absolute Gasteiger partial charge is 0.220 e. The molecule has 1 amide bonds. The molecule has 0 aromatic rings. The summed E-state index contributed by atoms with van der Waals surface area (Å²) in [5.74, 6) is -0.179. The second-order valence-electron chi connectivity index (χ2n) is 4.78. The maximum absolute atomic E-state index is 11.4. The van der Waals surface area contributed by atoms with Gasteiger partial charge < -0.3 is 25.7 Å². The third-order valence-corrected chi connectivity index (χ3v) is 2.99. The molecule has 5 N–H and O–H groups in total. The molecule has 0 aromatic carbocycles. The van der Waals surface area contributed by atoms with Crippen LogP contribution in [0.1, 0.15) is 45.4 Å². The highest BCUT2D eigenvalue weighted by Gasteiger charge is 2.24. The molecule has 0 fully saturated rings. The number of hydrogen-bond donors (Lipinski definition) is 5. The van der Waals surface area contributed by atoms with Crippen LogP contribution in [0.15, 0.2) is 0 Å². The Hall–Kier alpha value is -0.690. The number of amides is 1. The van der Waals surface area contributed by atoms with Gasteiger partial charge in [0.25, 0.3) is 0 Å². The van der Waals surface area contributed by atoms with E-state index in [-0.39, 0.29) is 12.5 Å². The summed E-state index contributed by atoms with van der Waals surface area (Å²) in [6.07, 6.45) is 1.51. The van der Waals surface area contributed by atoms with E-state index in [9.17, 15) is 15.0 Å². The molecular weight excluding hydrogens is 250 g/mol. The second-order valence-corrected chi connectivity index (χ2v) is 4.78.